The molecular weight excluding hydrogens is 783 g/mol. The monoisotopic (exact) mass is 829 g/mol. The molecule has 0 amide bonds. The maximum atomic E-state index is 2.46. The summed E-state index contributed by atoms with van der Waals surface area (Å²) in [6.07, 6.45) is 0. The predicted molar refractivity (Wildman–Crippen MR) is 272 cm³/mol. The van der Waals surface area contributed by atoms with Crippen LogP contribution in [-0.2, 0) is 10.8 Å². The van der Waals surface area contributed by atoms with Crippen molar-refractivity contribution in [3.8, 4) is 55.6 Å². The summed E-state index contributed by atoms with van der Waals surface area (Å²) in [6, 6.07) is 91.8. The number of benzene rings is 10. The van der Waals surface area contributed by atoms with Gasteiger partial charge in [0.25, 0.3) is 0 Å². The first-order valence-electron chi connectivity index (χ1n) is 22.8. The number of nitrogens with zero attached hydrogens (tertiary/aromatic N) is 1. The lowest BCUT2D eigenvalue weighted by atomic mass is 9.74. The zero-order valence-corrected chi connectivity index (χ0v) is 36.6. The highest BCUT2D eigenvalue weighted by Crippen LogP contribution is 2.55. The van der Waals surface area contributed by atoms with Gasteiger partial charge in [-0.3, -0.25) is 0 Å². The van der Waals surface area contributed by atoms with E-state index in [9.17, 15) is 0 Å². The Morgan fingerprint density at radius 2 is 0.631 bits per heavy atom. The van der Waals surface area contributed by atoms with Crippen LogP contribution >= 0.6 is 0 Å². The molecule has 308 valence electrons. The smallest absolute Gasteiger partial charge is 0.0540 e. The van der Waals surface area contributed by atoms with Gasteiger partial charge in [-0.1, -0.05) is 212 Å². The largest absolute Gasteiger partial charge is 0.309 e. The highest BCUT2D eigenvalue weighted by molar-refractivity contribution is 5.95. The van der Waals surface area contributed by atoms with Gasteiger partial charge >= 0.3 is 0 Å². The number of anilines is 3. The van der Waals surface area contributed by atoms with E-state index in [4.69, 9.17) is 0 Å². The average Bonchev–Trinajstić information content (AvgIpc) is 3.80. The minimum Gasteiger partial charge on any atom is -0.309 e. The molecule has 0 aromatic heterocycles. The zero-order valence-electron chi connectivity index (χ0n) is 36.6. The van der Waals surface area contributed by atoms with Crippen LogP contribution in [0.4, 0.5) is 17.1 Å². The maximum Gasteiger partial charge on any atom is 0.0540 e. The van der Waals surface area contributed by atoms with Gasteiger partial charge in [0.15, 0.2) is 0 Å². The molecule has 0 saturated carbocycles. The third-order valence-electron chi connectivity index (χ3n) is 14.5. The molecule has 0 saturated heterocycles. The van der Waals surface area contributed by atoms with E-state index in [2.05, 4.69) is 267 Å². The van der Waals surface area contributed by atoms with E-state index in [1.54, 1.807) is 0 Å². The molecule has 2 aliphatic carbocycles. The van der Waals surface area contributed by atoms with Crippen molar-refractivity contribution in [1.82, 2.24) is 0 Å². The lowest BCUT2D eigenvalue weighted by molar-refractivity contribution is 0.714. The fourth-order valence-electron chi connectivity index (χ4n) is 11.1. The van der Waals surface area contributed by atoms with E-state index in [0.717, 1.165) is 17.1 Å². The highest BCUT2D eigenvalue weighted by Gasteiger charge is 2.42. The molecule has 0 fully saturated rings. The molecule has 2 unspecified atom stereocenters. The molecule has 1 heteroatoms. The van der Waals surface area contributed by atoms with Crippen LogP contribution in [0.15, 0.2) is 249 Å². The average molecular weight is 830 g/mol. The van der Waals surface area contributed by atoms with Gasteiger partial charge in [0.05, 0.1) is 11.4 Å². The van der Waals surface area contributed by atoms with E-state index in [0.29, 0.717) is 0 Å². The minimum atomic E-state index is -0.299. The van der Waals surface area contributed by atoms with Crippen molar-refractivity contribution < 1.29 is 0 Å². The Bertz CT molecular complexity index is 3390. The van der Waals surface area contributed by atoms with Gasteiger partial charge in [-0.2, -0.15) is 0 Å². The first-order chi connectivity index (χ1) is 32.0. The lowest BCUT2D eigenvalue weighted by Gasteiger charge is -2.31. The van der Waals surface area contributed by atoms with Crippen LogP contribution < -0.4 is 4.90 Å². The molecular formula is C64H47N. The van der Waals surface area contributed by atoms with Gasteiger partial charge in [-0.05, 0) is 128 Å². The van der Waals surface area contributed by atoms with Crippen LogP contribution in [0.2, 0.25) is 0 Å². The molecule has 0 heterocycles. The number of hydrogen-bond acceptors (Lipinski definition) is 1. The number of hydrogen-bond donors (Lipinski definition) is 0. The maximum absolute atomic E-state index is 2.46. The standard InChI is InChI=1S/C64H47N/c1-63(48-22-8-4-9-23-48)57-30-16-12-28-53(57)55-40-36-46(42-59(55)63)44-34-38-50(39-35-44)65(61-32-18-14-26-51(61)45-20-6-3-7-21-45)62-33-19-15-27-52(62)47-37-41-56-54-29-13-17-31-58(54)64(2,60(56)43-47)49-24-10-5-11-25-49/h3-43H,1-2H3. The van der Waals surface area contributed by atoms with Crippen molar-refractivity contribution in [3.05, 3.63) is 282 Å². The third-order valence-corrected chi connectivity index (χ3v) is 14.5. The zero-order chi connectivity index (χ0) is 43.5. The molecule has 2 aliphatic rings. The van der Waals surface area contributed by atoms with Crippen LogP contribution in [0, 0.1) is 0 Å². The summed E-state index contributed by atoms with van der Waals surface area (Å²) >= 11 is 0. The van der Waals surface area contributed by atoms with Gasteiger partial charge in [0.2, 0.25) is 0 Å². The Kier molecular flexibility index (Phi) is 9.14. The van der Waals surface area contributed by atoms with E-state index < -0.39 is 0 Å². The van der Waals surface area contributed by atoms with Gasteiger partial charge in [-0.25, -0.2) is 0 Å². The minimum absolute atomic E-state index is 0.260. The Morgan fingerprint density at radius 1 is 0.262 bits per heavy atom. The first-order valence-corrected chi connectivity index (χ1v) is 22.8. The predicted octanol–water partition coefficient (Wildman–Crippen LogP) is 16.8. The Labute approximate surface area is 382 Å². The van der Waals surface area contributed by atoms with Crippen molar-refractivity contribution in [3.63, 3.8) is 0 Å². The second-order valence-corrected chi connectivity index (χ2v) is 17.9. The fraction of sp³-hybridized carbons (Fsp3) is 0.0625. The van der Waals surface area contributed by atoms with Gasteiger partial charge in [-0.15, -0.1) is 0 Å². The first kappa shape index (κ1) is 38.7. The third kappa shape index (κ3) is 6.07. The molecule has 65 heavy (non-hydrogen) atoms. The molecule has 0 N–H and O–H groups in total. The Hall–Kier alpha value is -8.00. The summed E-state index contributed by atoms with van der Waals surface area (Å²) < 4.78 is 0. The Balaban J connectivity index is 1.00. The second kappa shape index (κ2) is 15.4. The van der Waals surface area contributed by atoms with Crippen LogP contribution in [-0.4, -0.2) is 0 Å². The van der Waals surface area contributed by atoms with Gasteiger partial charge in [0.1, 0.15) is 0 Å². The van der Waals surface area contributed by atoms with Crippen molar-refractivity contribution >= 4 is 17.1 Å². The van der Waals surface area contributed by atoms with E-state index in [1.165, 1.54) is 89.0 Å². The van der Waals surface area contributed by atoms with Crippen molar-refractivity contribution in [2.24, 2.45) is 0 Å². The normalized spacial score (nSPS) is 16.6. The number of rotatable bonds is 8. The van der Waals surface area contributed by atoms with Crippen LogP contribution in [0.25, 0.3) is 55.6 Å². The lowest BCUT2D eigenvalue weighted by Crippen LogP contribution is -2.22. The molecule has 0 radical (unpaired) electrons. The quantitative estimate of drug-likeness (QED) is 0.147. The number of para-hydroxylation sites is 2. The fourth-order valence-corrected chi connectivity index (χ4v) is 11.1. The molecule has 0 aliphatic heterocycles. The summed E-state index contributed by atoms with van der Waals surface area (Å²) in [7, 11) is 0. The summed E-state index contributed by atoms with van der Waals surface area (Å²) in [5.74, 6) is 0. The summed E-state index contributed by atoms with van der Waals surface area (Å²) in [5, 5.41) is 0. The van der Waals surface area contributed by atoms with Gasteiger partial charge in [0, 0.05) is 27.6 Å². The summed E-state index contributed by atoms with van der Waals surface area (Å²) in [5.41, 5.74) is 23.1. The van der Waals surface area contributed by atoms with E-state index in [1.807, 2.05) is 0 Å². The molecule has 0 spiro atoms. The van der Waals surface area contributed by atoms with Crippen LogP contribution in [0.3, 0.4) is 0 Å². The van der Waals surface area contributed by atoms with Crippen molar-refractivity contribution in [1.29, 1.82) is 0 Å². The van der Waals surface area contributed by atoms with Gasteiger partial charge < -0.3 is 4.90 Å². The van der Waals surface area contributed by atoms with Crippen molar-refractivity contribution in [2.45, 2.75) is 24.7 Å². The van der Waals surface area contributed by atoms with E-state index >= 15 is 0 Å². The molecule has 12 rings (SSSR count). The van der Waals surface area contributed by atoms with Crippen molar-refractivity contribution in [2.75, 3.05) is 4.90 Å². The van der Waals surface area contributed by atoms with Crippen LogP contribution in [0.1, 0.15) is 47.2 Å². The molecule has 1 nitrogen and oxygen atoms in total. The Morgan fingerprint density at radius 3 is 1.15 bits per heavy atom. The molecule has 0 bridgehead atoms. The molecule has 10 aromatic rings. The topological polar surface area (TPSA) is 3.24 Å². The summed E-state index contributed by atoms with van der Waals surface area (Å²) in [4.78, 5) is 2.46. The van der Waals surface area contributed by atoms with Crippen LogP contribution in [0.5, 0.6) is 0 Å². The SMILES string of the molecule is CC1(c2ccccc2)c2ccccc2-c2ccc(-c3ccc(N(c4ccccc4-c4ccccc4)c4ccccc4-c4ccc5c(c4)C(C)(c4ccccc4)c4ccccc4-5)cc3)cc21. The van der Waals surface area contributed by atoms with E-state index in [-0.39, 0.29) is 10.8 Å². The second-order valence-electron chi connectivity index (χ2n) is 17.9. The summed E-state index contributed by atoms with van der Waals surface area (Å²) in [6.45, 7) is 4.79. The molecule has 2 atom stereocenters. The number of fused-ring (bicyclic) bond motifs is 6. The highest BCUT2D eigenvalue weighted by atomic mass is 15.1. The molecule has 10 aromatic carbocycles.